The molecule has 4 rings (SSSR count). The van der Waals surface area contributed by atoms with Gasteiger partial charge in [0, 0.05) is 20.6 Å². The van der Waals surface area contributed by atoms with Crippen molar-refractivity contribution < 1.29 is 18.0 Å². The summed E-state index contributed by atoms with van der Waals surface area (Å²) >= 11 is 0. The predicted molar refractivity (Wildman–Crippen MR) is 124 cm³/mol. The van der Waals surface area contributed by atoms with E-state index in [2.05, 4.69) is 0 Å². The molecule has 7 heteroatoms. The number of hydrogen-bond acceptors (Lipinski definition) is 5. The van der Waals surface area contributed by atoms with E-state index in [0.29, 0.717) is 13.2 Å². The second kappa shape index (κ2) is 9.83. The highest BCUT2D eigenvalue weighted by Crippen LogP contribution is 2.35. The molecule has 0 aliphatic carbocycles. The lowest BCUT2D eigenvalue weighted by Gasteiger charge is -2.27. The van der Waals surface area contributed by atoms with Crippen LogP contribution in [0, 0.1) is 0 Å². The maximum absolute atomic E-state index is 13.4. The topological polar surface area (TPSA) is 59.1 Å². The first-order valence-corrected chi connectivity index (χ1v) is 12.1. The smallest absolute Gasteiger partial charge is 0.221 e. The van der Waals surface area contributed by atoms with Crippen LogP contribution in [0.25, 0.3) is 0 Å². The number of hydrogen-bond donors (Lipinski definition) is 0. The summed E-state index contributed by atoms with van der Waals surface area (Å²) in [6.45, 7) is 0.922. The Morgan fingerprint density at radius 3 is 2.16 bits per heavy atom. The lowest BCUT2D eigenvalue weighted by Crippen LogP contribution is -2.40. The van der Waals surface area contributed by atoms with Crippen molar-refractivity contribution in [3.8, 4) is 5.75 Å². The van der Waals surface area contributed by atoms with Gasteiger partial charge in [-0.3, -0.25) is 4.84 Å². The van der Waals surface area contributed by atoms with Gasteiger partial charge in [-0.05, 0) is 28.8 Å². The fraction of sp³-hybridized carbons (Fsp3) is 0.280. The van der Waals surface area contributed by atoms with Crippen molar-refractivity contribution >= 4 is 10.0 Å². The van der Waals surface area contributed by atoms with E-state index in [4.69, 9.17) is 9.57 Å². The Morgan fingerprint density at radius 2 is 1.53 bits per heavy atom. The highest BCUT2D eigenvalue weighted by molar-refractivity contribution is 7.89. The van der Waals surface area contributed by atoms with Crippen LogP contribution in [0.15, 0.2) is 84.9 Å². The lowest BCUT2D eigenvalue weighted by atomic mass is 10.0. The Morgan fingerprint density at radius 1 is 0.938 bits per heavy atom. The van der Waals surface area contributed by atoms with Crippen molar-refractivity contribution in [2.75, 3.05) is 20.7 Å². The zero-order chi connectivity index (χ0) is 22.6. The Balaban J connectivity index is 1.47. The van der Waals surface area contributed by atoms with Gasteiger partial charge in [0.2, 0.25) is 10.0 Å². The number of ether oxygens (including phenoxy) is 1. The molecule has 32 heavy (non-hydrogen) atoms. The van der Waals surface area contributed by atoms with Crippen LogP contribution in [0.3, 0.4) is 0 Å². The second-order valence-corrected chi connectivity index (χ2v) is 10.2. The molecule has 0 aromatic heterocycles. The molecule has 2 unspecified atom stereocenters. The van der Waals surface area contributed by atoms with E-state index >= 15 is 0 Å². The average molecular weight is 453 g/mol. The molecule has 2 atom stereocenters. The standard InChI is InChI=1S/C25H28N2O4S/c1-26(17-20-9-5-3-6-10-20)32(28,29)24-19-31-27(2)25(24)22-13-15-23(16-14-22)30-18-21-11-7-4-8-12-21/h3-16,24-25H,17-19H2,1-2H3. The molecule has 0 spiro atoms. The molecule has 1 aliphatic heterocycles. The molecule has 0 saturated carbocycles. The fourth-order valence-corrected chi connectivity index (χ4v) is 5.61. The molecule has 0 radical (unpaired) electrons. The monoisotopic (exact) mass is 452 g/mol. The van der Waals surface area contributed by atoms with Gasteiger partial charge >= 0.3 is 0 Å². The quantitative estimate of drug-likeness (QED) is 0.517. The molecule has 1 saturated heterocycles. The molecule has 1 aliphatic rings. The first kappa shape index (κ1) is 22.5. The summed E-state index contributed by atoms with van der Waals surface area (Å²) < 4.78 is 34.1. The van der Waals surface area contributed by atoms with Crippen molar-refractivity contribution in [2.24, 2.45) is 0 Å². The molecule has 1 heterocycles. The Bertz CT molecular complexity index is 1110. The molecule has 3 aromatic rings. The minimum atomic E-state index is -3.59. The SMILES string of the molecule is CN1OCC(S(=O)(=O)N(C)Cc2ccccc2)C1c1ccc(OCc2ccccc2)cc1. The highest BCUT2D eigenvalue weighted by Gasteiger charge is 2.44. The minimum absolute atomic E-state index is 0.120. The highest BCUT2D eigenvalue weighted by atomic mass is 32.2. The third-order valence-electron chi connectivity index (χ3n) is 5.72. The van der Waals surface area contributed by atoms with Crippen molar-refractivity contribution in [1.29, 1.82) is 0 Å². The van der Waals surface area contributed by atoms with E-state index in [9.17, 15) is 8.42 Å². The molecule has 0 amide bonds. The van der Waals surface area contributed by atoms with Crippen molar-refractivity contribution in [3.05, 3.63) is 102 Å². The number of rotatable bonds is 8. The maximum atomic E-state index is 13.4. The van der Waals surface area contributed by atoms with Gasteiger partial charge < -0.3 is 4.74 Å². The fourth-order valence-electron chi connectivity index (χ4n) is 3.93. The van der Waals surface area contributed by atoms with Crippen LogP contribution in [-0.2, 0) is 28.0 Å². The molecule has 6 nitrogen and oxygen atoms in total. The second-order valence-electron chi connectivity index (χ2n) is 7.96. The van der Waals surface area contributed by atoms with Crippen molar-refractivity contribution in [2.45, 2.75) is 24.4 Å². The third kappa shape index (κ3) is 5.02. The Kier molecular flexibility index (Phi) is 6.91. The maximum Gasteiger partial charge on any atom is 0.221 e. The predicted octanol–water partition coefficient (Wildman–Crippen LogP) is 4.01. The molecule has 3 aromatic carbocycles. The molecule has 1 fully saturated rings. The van der Waals surface area contributed by atoms with Gasteiger partial charge in [0.05, 0.1) is 12.6 Å². The van der Waals surface area contributed by atoms with Crippen molar-refractivity contribution in [3.63, 3.8) is 0 Å². The van der Waals surface area contributed by atoms with E-state index in [-0.39, 0.29) is 6.61 Å². The van der Waals surface area contributed by atoms with Crippen LogP contribution < -0.4 is 4.74 Å². The first-order chi connectivity index (χ1) is 15.4. The van der Waals surface area contributed by atoms with E-state index < -0.39 is 21.3 Å². The van der Waals surface area contributed by atoms with Gasteiger partial charge in [0.15, 0.2) is 0 Å². The van der Waals surface area contributed by atoms with Gasteiger partial charge in [0.1, 0.15) is 17.6 Å². The average Bonchev–Trinajstić information content (AvgIpc) is 3.21. The van der Waals surface area contributed by atoms with E-state index in [0.717, 1.165) is 22.4 Å². The van der Waals surface area contributed by atoms with E-state index in [1.54, 1.807) is 19.2 Å². The van der Waals surface area contributed by atoms with Crippen LogP contribution in [0.1, 0.15) is 22.7 Å². The summed E-state index contributed by atoms with van der Waals surface area (Å²) in [6, 6.07) is 26.7. The van der Waals surface area contributed by atoms with Gasteiger partial charge in [-0.1, -0.05) is 72.8 Å². The summed E-state index contributed by atoms with van der Waals surface area (Å²) in [5, 5.41) is 0.940. The van der Waals surface area contributed by atoms with Crippen LogP contribution in [0.5, 0.6) is 5.75 Å². The van der Waals surface area contributed by atoms with Gasteiger partial charge in [-0.2, -0.15) is 5.06 Å². The van der Waals surface area contributed by atoms with Gasteiger partial charge in [-0.25, -0.2) is 12.7 Å². The molecule has 0 bridgehead atoms. The number of sulfonamides is 1. The number of benzene rings is 3. The van der Waals surface area contributed by atoms with Crippen LogP contribution >= 0.6 is 0 Å². The summed E-state index contributed by atoms with van der Waals surface area (Å²) in [5.74, 6) is 0.736. The number of hydroxylamine groups is 2. The molecular weight excluding hydrogens is 424 g/mol. The van der Waals surface area contributed by atoms with Crippen LogP contribution in [0.2, 0.25) is 0 Å². The van der Waals surface area contributed by atoms with E-state index in [1.807, 2.05) is 84.9 Å². The van der Waals surface area contributed by atoms with Gasteiger partial charge in [0.25, 0.3) is 0 Å². The molecule has 0 N–H and O–H groups in total. The van der Waals surface area contributed by atoms with Crippen LogP contribution in [-0.4, -0.2) is 43.7 Å². The Labute approximate surface area is 190 Å². The number of nitrogens with zero attached hydrogens (tertiary/aromatic N) is 2. The summed E-state index contributed by atoms with van der Waals surface area (Å²) in [5.41, 5.74) is 2.91. The van der Waals surface area contributed by atoms with Crippen molar-refractivity contribution in [1.82, 2.24) is 9.37 Å². The lowest BCUT2D eigenvalue weighted by molar-refractivity contribution is -0.110. The minimum Gasteiger partial charge on any atom is -0.489 e. The molecule has 168 valence electrons. The first-order valence-electron chi connectivity index (χ1n) is 10.6. The third-order valence-corrected chi connectivity index (χ3v) is 7.88. The zero-order valence-corrected chi connectivity index (χ0v) is 19.1. The summed E-state index contributed by atoms with van der Waals surface area (Å²) in [6.07, 6.45) is 0. The largest absolute Gasteiger partial charge is 0.489 e. The van der Waals surface area contributed by atoms with Gasteiger partial charge in [-0.15, -0.1) is 0 Å². The van der Waals surface area contributed by atoms with E-state index in [1.165, 1.54) is 4.31 Å². The zero-order valence-electron chi connectivity index (χ0n) is 18.3. The normalized spacial score (nSPS) is 19.3. The Hall–Kier alpha value is -2.71. The summed E-state index contributed by atoms with van der Waals surface area (Å²) in [4.78, 5) is 5.65. The van der Waals surface area contributed by atoms with Crippen LogP contribution in [0.4, 0.5) is 0 Å². The molecular formula is C25H28N2O4S. The summed E-state index contributed by atoms with van der Waals surface area (Å²) in [7, 11) is -0.190.